The number of ether oxygens (including phenoxy) is 1. The van der Waals surface area contributed by atoms with E-state index < -0.39 is 0 Å². The van der Waals surface area contributed by atoms with Crippen molar-refractivity contribution < 1.29 is 4.74 Å². The molecular formula is C15H20BrNO. The Morgan fingerprint density at radius 2 is 1.72 bits per heavy atom. The van der Waals surface area contributed by atoms with Crippen LogP contribution in [0.3, 0.4) is 0 Å². The van der Waals surface area contributed by atoms with Gasteiger partial charge in [-0.3, -0.25) is 0 Å². The highest BCUT2D eigenvalue weighted by Crippen LogP contribution is 2.38. The molecule has 1 aromatic rings. The zero-order valence-electron chi connectivity index (χ0n) is 11.9. The fourth-order valence-corrected chi connectivity index (χ4v) is 2.65. The smallest absolute Gasteiger partial charge is 0.125 e. The maximum absolute atomic E-state index is 9.20. The van der Waals surface area contributed by atoms with Crippen LogP contribution in [0.5, 0.6) is 5.75 Å². The molecule has 2 nitrogen and oxygen atoms in total. The van der Waals surface area contributed by atoms with Gasteiger partial charge >= 0.3 is 0 Å². The molecule has 18 heavy (non-hydrogen) atoms. The molecule has 0 aliphatic carbocycles. The fraction of sp³-hybridized carbons (Fsp3) is 0.533. The van der Waals surface area contributed by atoms with Gasteiger partial charge in [0.2, 0.25) is 0 Å². The van der Waals surface area contributed by atoms with Crippen molar-refractivity contribution in [3.63, 3.8) is 0 Å². The van der Waals surface area contributed by atoms with Crippen molar-refractivity contribution in [3.8, 4) is 11.8 Å². The fourth-order valence-electron chi connectivity index (χ4n) is 2.12. The van der Waals surface area contributed by atoms with Gasteiger partial charge in [0.1, 0.15) is 5.75 Å². The average molecular weight is 310 g/mol. The summed E-state index contributed by atoms with van der Waals surface area (Å²) in [6.07, 6.45) is 0.693. The summed E-state index contributed by atoms with van der Waals surface area (Å²) in [6.45, 7) is 10.1. The van der Waals surface area contributed by atoms with Crippen LogP contribution in [0.25, 0.3) is 0 Å². The van der Waals surface area contributed by atoms with Crippen LogP contribution < -0.4 is 4.74 Å². The standard InChI is InChI=1S/C15H20BrNO/c1-9-10(2)14(18-6)12(11(3)13(9)16)7-15(4,5)8-17/h7H2,1-6H3. The first-order valence-electron chi connectivity index (χ1n) is 5.98. The molecule has 0 unspecified atom stereocenters. The molecule has 0 aliphatic rings. The maximum atomic E-state index is 9.20. The van der Waals surface area contributed by atoms with Crippen LogP contribution in [0.1, 0.15) is 36.1 Å². The summed E-state index contributed by atoms with van der Waals surface area (Å²) in [5.41, 5.74) is 4.23. The molecule has 0 radical (unpaired) electrons. The van der Waals surface area contributed by atoms with E-state index in [-0.39, 0.29) is 5.41 Å². The third kappa shape index (κ3) is 2.70. The average Bonchev–Trinajstić information content (AvgIpc) is 2.33. The summed E-state index contributed by atoms with van der Waals surface area (Å²) in [6, 6.07) is 2.35. The molecule has 0 bridgehead atoms. The highest BCUT2D eigenvalue weighted by Gasteiger charge is 2.24. The third-order valence-electron chi connectivity index (χ3n) is 3.41. The molecule has 3 heteroatoms. The van der Waals surface area contributed by atoms with Crippen molar-refractivity contribution in [1.29, 1.82) is 5.26 Å². The largest absolute Gasteiger partial charge is 0.496 e. The Balaban J connectivity index is 3.49. The summed E-state index contributed by atoms with van der Waals surface area (Å²) in [4.78, 5) is 0. The van der Waals surface area contributed by atoms with Crippen LogP contribution in [0, 0.1) is 37.5 Å². The van der Waals surface area contributed by atoms with Crippen molar-refractivity contribution in [1.82, 2.24) is 0 Å². The first kappa shape index (κ1) is 15.0. The lowest BCUT2D eigenvalue weighted by molar-refractivity contribution is 0.395. The molecule has 0 atom stereocenters. The van der Waals surface area contributed by atoms with Gasteiger partial charge in [0.15, 0.2) is 0 Å². The number of rotatable bonds is 3. The van der Waals surface area contributed by atoms with E-state index in [1.807, 2.05) is 13.8 Å². The minimum atomic E-state index is -0.390. The minimum absolute atomic E-state index is 0.390. The molecule has 0 N–H and O–H groups in total. The Kier molecular flexibility index (Phi) is 4.45. The second kappa shape index (κ2) is 5.32. The molecule has 0 aliphatic heterocycles. The number of nitriles is 1. The van der Waals surface area contributed by atoms with Crippen LogP contribution in [-0.2, 0) is 6.42 Å². The van der Waals surface area contributed by atoms with E-state index in [9.17, 15) is 5.26 Å². The van der Waals surface area contributed by atoms with Gasteiger partial charge < -0.3 is 4.74 Å². The van der Waals surface area contributed by atoms with Crippen molar-refractivity contribution in [2.75, 3.05) is 7.11 Å². The van der Waals surface area contributed by atoms with E-state index >= 15 is 0 Å². The number of benzene rings is 1. The Labute approximate surface area is 118 Å². The molecule has 0 heterocycles. The van der Waals surface area contributed by atoms with Crippen LogP contribution in [0.15, 0.2) is 4.47 Å². The van der Waals surface area contributed by atoms with E-state index in [2.05, 4.69) is 42.8 Å². The highest BCUT2D eigenvalue weighted by molar-refractivity contribution is 9.10. The van der Waals surface area contributed by atoms with Crippen molar-refractivity contribution in [2.45, 2.75) is 41.0 Å². The molecular weight excluding hydrogens is 290 g/mol. The summed E-state index contributed by atoms with van der Waals surface area (Å²) >= 11 is 3.64. The number of halogens is 1. The predicted octanol–water partition coefficient (Wildman–Crippen LogP) is 4.48. The van der Waals surface area contributed by atoms with Gasteiger partial charge in [-0.25, -0.2) is 0 Å². The molecule has 0 saturated carbocycles. The van der Waals surface area contributed by atoms with Gasteiger partial charge in [-0.15, -0.1) is 0 Å². The monoisotopic (exact) mass is 309 g/mol. The van der Waals surface area contributed by atoms with Crippen LogP contribution in [0.2, 0.25) is 0 Å². The SMILES string of the molecule is COc1c(C)c(C)c(Br)c(C)c1CC(C)(C)C#N. The second-order valence-electron chi connectivity index (χ2n) is 5.37. The Morgan fingerprint density at radius 1 is 1.17 bits per heavy atom. The maximum Gasteiger partial charge on any atom is 0.125 e. The lowest BCUT2D eigenvalue weighted by atomic mass is 9.84. The van der Waals surface area contributed by atoms with Crippen LogP contribution in [-0.4, -0.2) is 7.11 Å². The molecule has 1 rings (SSSR count). The van der Waals surface area contributed by atoms with E-state index in [4.69, 9.17) is 4.74 Å². The van der Waals surface area contributed by atoms with Gasteiger partial charge in [-0.1, -0.05) is 15.9 Å². The van der Waals surface area contributed by atoms with Crippen molar-refractivity contribution in [3.05, 3.63) is 26.7 Å². The number of hydrogen-bond acceptors (Lipinski definition) is 2. The summed E-state index contributed by atoms with van der Waals surface area (Å²) in [5.74, 6) is 0.913. The molecule has 0 amide bonds. The first-order valence-corrected chi connectivity index (χ1v) is 6.78. The van der Waals surface area contributed by atoms with Gasteiger partial charge in [-0.2, -0.15) is 5.26 Å². The second-order valence-corrected chi connectivity index (χ2v) is 6.17. The van der Waals surface area contributed by atoms with Crippen molar-refractivity contribution in [2.24, 2.45) is 5.41 Å². The highest BCUT2D eigenvalue weighted by atomic mass is 79.9. The molecule has 0 fully saturated rings. The van der Waals surface area contributed by atoms with Gasteiger partial charge in [0.25, 0.3) is 0 Å². The van der Waals surface area contributed by atoms with E-state index in [0.717, 1.165) is 21.3 Å². The molecule has 0 saturated heterocycles. The van der Waals surface area contributed by atoms with Crippen molar-refractivity contribution >= 4 is 15.9 Å². The third-order valence-corrected chi connectivity index (χ3v) is 4.60. The lowest BCUT2D eigenvalue weighted by Crippen LogP contribution is -2.15. The Morgan fingerprint density at radius 3 is 2.17 bits per heavy atom. The zero-order valence-corrected chi connectivity index (χ0v) is 13.5. The number of methoxy groups -OCH3 is 1. The molecule has 98 valence electrons. The van der Waals surface area contributed by atoms with Gasteiger partial charge in [0, 0.05) is 4.47 Å². The molecule has 0 spiro atoms. The van der Waals surface area contributed by atoms with Crippen LogP contribution in [0.4, 0.5) is 0 Å². The minimum Gasteiger partial charge on any atom is -0.496 e. The summed E-state index contributed by atoms with van der Waals surface area (Å²) in [5, 5.41) is 9.20. The Bertz CT molecular complexity index is 512. The normalized spacial score (nSPS) is 11.2. The van der Waals surface area contributed by atoms with E-state index in [1.165, 1.54) is 11.1 Å². The number of hydrogen-bond donors (Lipinski definition) is 0. The van der Waals surface area contributed by atoms with Gasteiger partial charge in [-0.05, 0) is 63.3 Å². The quantitative estimate of drug-likeness (QED) is 0.825. The zero-order chi connectivity index (χ0) is 14.1. The molecule has 0 aromatic heterocycles. The summed E-state index contributed by atoms with van der Waals surface area (Å²) < 4.78 is 6.67. The predicted molar refractivity (Wildman–Crippen MR) is 78.0 cm³/mol. The van der Waals surface area contributed by atoms with Gasteiger partial charge in [0.05, 0.1) is 18.6 Å². The van der Waals surface area contributed by atoms with Crippen LogP contribution >= 0.6 is 15.9 Å². The van der Waals surface area contributed by atoms with E-state index in [1.54, 1.807) is 7.11 Å². The summed E-state index contributed by atoms with van der Waals surface area (Å²) in [7, 11) is 1.69. The topological polar surface area (TPSA) is 33.0 Å². The van der Waals surface area contributed by atoms with E-state index in [0.29, 0.717) is 6.42 Å². The molecule has 1 aromatic carbocycles. The lowest BCUT2D eigenvalue weighted by Gasteiger charge is -2.23. The Hall–Kier alpha value is -1.01. The first-order chi connectivity index (χ1) is 8.25. The number of nitrogens with zero attached hydrogens (tertiary/aromatic N) is 1.